The van der Waals surface area contributed by atoms with Crippen molar-refractivity contribution in [1.82, 2.24) is 4.90 Å². The number of hydrogen-bond donors (Lipinski definition) is 1. The minimum atomic E-state index is -0.222. The van der Waals surface area contributed by atoms with E-state index < -0.39 is 0 Å². The number of rotatable bonds is 3. The molecule has 0 bridgehead atoms. The molecule has 1 aliphatic heterocycles. The van der Waals surface area contributed by atoms with Crippen LogP contribution in [0.2, 0.25) is 10.0 Å². The maximum atomic E-state index is 11.9. The monoisotopic (exact) mass is 286 g/mol. The van der Waals surface area contributed by atoms with Gasteiger partial charge in [-0.25, -0.2) is 0 Å². The molecule has 18 heavy (non-hydrogen) atoms. The summed E-state index contributed by atoms with van der Waals surface area (Å²) in [6, 6.07) is 4.90. The van der Waals surface area contributed by atoms with E-state index in [9.17, 15) is 4.79 Å². The molecule has 1 saturated heterocycles. The Hall–Kier alpha value is -0.770. The van der Waals surface area contributed by atoms with Crippen LogP contribution < -0.4 is 5.73 Å². The minimum absolute atomic E-state index is 0.0883. The van der Waals surface area contributed by atoms with Crippen molar-refractivity contribution in [2.75, 3.05) is 6.54 Å². The largest absolute Gasteiger partial charge is 0.334 e. The molecule has 0 aliphatic carbocycles. The molecule has 2 atom stereocenters. The molecule has 2 unspecified atom stereocenters. The second kappa shape index (κ2) is 5.47. The Kier molecular flexibility index (Phi) is 4.15. The number of likely N-dealkylation sites (tertiary alicyclic amines) is 1. The summed E-state index contributed by atoms with van der Waals surface area (Å²) in [6.45, 7) is 2.73. The first-order valence-electron chi connectivity index (χ1n) is 6.04. The fourth-order valence-electron chi connectivity index (χ4n) is 2.46. The molecule has 1 aromatic carbocycles. The number of amides is 1. The molecule has 0 spiro atoms. The van der Waals surface area contributed by atoms with Gasteiger partial charge < -0.3 is 10.6 Å². The number of halogens is 2. The van der Waals surface area contributed by atoms with Crippen LogP contribution in [0.4, 0.5) is 0 Å². The van der Waals surface area contributed by atoms with Crippen LogP contribution >= 0.6 is 23.2 Å². The van der Waals surface area contributed by atoms with Crippen LogP contribution in [-0.2, 0) is 4.79 Å². The molecular formula is C13H16Cl2N2O. The molecule has 1 aliphatic rings. The van der Waals surface area contributed by atoms with Gasteiger partial charge in [-0.1, -0.05) is 30.1 Å². The van der Waals surface area contributed by atoms with Crippen molar-refractivity contribution in [2.45, 2.75) is 31.8 Å². The number of carbonyl (C=O) groups is 1. The Morgan fingerprint density at radius 3 is 2.83 bits per heavy atom. The highest BCUT2D eigenvalue weighted by atomic mass is 35.5. The molecule has 0 aromatic heterocycles. The maximum absolute atomic E-state index is 11.9. The van der Waals surface area contributed by atoms with Gasteiger partial charge >= 0.3 is 0 Å². The first kappa shape index (κ1) is 13.7. The van der Waals surface area contributed by atoms with Gasteiger partial charge in [0, 0.05) is 29.1 Å². The predicted octanol–water partition coefficient (Wildman–Crippen LogP) is 3.00. The van der Waals surface area contributed by atoms with Gasteiger partial charge in [-0.2, -0.15) is 0 Å². The van der Waals surface area contributed by atoms with Crippen LogP contribution in [0.1, 0.15) is 31.4 Å². The summed E-state index contributed by atoms with van der Waals surface area (Å²) in [6.07, 6.45) is 1.26. The van der Waals surface area contributed by atoms with Crippen LogP contribution in [0.15, 0.2) is 18.2 Å². The average Bonchev–Trinajstić information content (AvgIpc) is 2.58. The SMILES string of the molecule is CCCN1C(=O)CC(N)C1c1cc(Cl)ccc1Cl. The predicted molar refractivity (Wildman–Crippen MR) is 73.8 cm³/mol. The molecular weight excluding hydrogens is 271 g/mol. The number of hydrogen-bond acceptors (Lipinski definition) is 2. The van der Waals surface area contributed by atoms with Crippen LogP contribution in [0.25, 0.3) is 0 Å². The third-order valence-corrected chi connectivity index (χ3v) is 3.79. The topological polar surface area (TPSA) is 46.3 Å². The second-order valence-electron chi connectivity index (χ2n) is 4.57. The molecule has 2 N–H and O–H groups in total. The van der Waals surface area contributed by atoms with Gasteiger partial charge in [0.05, 0.1) is 6.04 Å². The molecule has 1 heterocycles. The highest BCUT2D eigenvalue weighted by Crippen LogP contribution is 2.37. The van der Waals surface area contributed by atoms with E-state index in [0.29, 0.717) is 23.0 Å². The zero-order valence-electron chi connectivity index (χ0n) is 10.2. The first-order valence-corrected chi connectivity index (χ1v) is 6.80. The van der Waals surface area contributed by atoms with Crippen molar-refractivity contribution < 1.29 is 4.79 Å². The van der Waals surface area contributed by atoms with Gasteiger partial charge in [0.1, 0.15) is 0 Å². The second-order valence-corrected chi connectivity index (χ2v) is 5.41. The highest BCUT2D eigenvalue weighted by Gasteiger charge is 2.38. The van der Waals surface area contributed by atoms with Crippen molar-refractivity contribution in [3.63, 3.8) is 0 Å². The number of benzene rings is 1. The zero-order chi connectivity index (χ0) is 13.3. The summed E-state index contributed by atoms with van der Waals surface area (Å²) in [4.78, 5) is 13.7. The molecule has 3 nitrogen and oxygen atoms in total. The first-order chi connectivity index (χ1) is 8.54. The minimum Gasteiger partial charge on any atom is -0.334 e. The zero-order valence-corrected chi connectivity index (χ0v) is 11.7. The summed E-state index contributed by atoms with van der Waals surface area (Å²) in [5.74, 6) is 0.0883. The molecule has 5 heteroatoms. The van der Waals surface area contributed by atoms with Gasteiger partial charge in [0.15, 0.2) is 0 Å². The quantitative estimate of drug-likeness (QED) is 0.929. The van der Waals surface area contributed by atoms with Crippen molar-refractivity contribution >= 4 is 29.1 Å². The third-order valence-electron chi connectivity index (χ3n) is 3.21. The van der Waals surface area contributed by atoms with Gasteiger partial charge in [0.25, 0.3) is 0 Å². The number of nitrogens with two attached hydrogens (primary N) is 1. The van der Waals surface area contributed by atoms with E-state index in [1.165, 1.54) is 0 Å². The molecule has 1 amide bonds. The van der Waals surface area contributed by atoms with Crippen LogP contribution in [0, 0.1) is 0 Å². The lowest BCUT2D eigenvalue weighted by molar-refractivity contribution is -0.129. The van der Waals surface area contributed by atoms with Gasteiger partial charge in [-0.05, 0) is 30.2 Å². The number of carbonyl (C=O) groups excluding carboxylic acids is 1. The van der Waals surface area contributed by atoms with E-state index in [1.807, 2.05) is 11.8 Å². The molecule has 2 rings (SSSR count). The molecule has 1 fully saturated rings. The van der Waals surface area contributed by atoms with Crippen molar-refractivity contribution in [2.24, 2.45) is 5.73 Å². The Morgan fingerprint density at radius 1 is 1.44 bits per heavy atom. The van der Waals surface area contributed by atoms with E-state index in [-0.39, 0.29) is 18.0 Å². The summed E-state index contributed by atoms with van der Waals surface area (Å²) in [5.41, 5.74) is 6.92. The summed E-state index contributed by atoms with van der Waals surface area (Å²) in [7, 11) is 0. The summed E-state index contributed by atoms with van der Waals surface area (Å²) in [5, 5.41) is 1.22. The molecule has 0 radical (unpaired) electrons. The van der Waals surface area contributed by atoms with Crippen molar-refractivity contribution in [1.29, 1.82) is 0 Å². The van der Waals surface area contributed by atoms with Crippen LogP contribution in [0.3, 0.4) is 0 Å². The van der Waals surface area contributed by atoms with E-state index >= 15 is 0 Å². The molecule has 1 aromatic rings. The lowest BCUT2D eigenvalue weighted by Crippen LogP contribution is -2.33. The summed E-state index contributed by atoms with van der Waals surface area (Å²) < 4.78 is 0. The van der Waals surface area contributed by atoms with Crippen molar-refractivity contribution in [3.05, 3.63) is 33.8 Å². The standard InChI is InChI=1S/C13H16Cl2N2O/c1-2-5-17-12(18)7-11(16)13(17)9-6-8(14)3-4-10(9)15/h3-4,6,11,13H,2,5,7,16H2,1H3. The fourth-order valence-corrected chi connectivity index (χ4v) is 2.87. The average molecular weight is 287 g/mol. The van der Waals surface area contributed by atoms with Crippen LogP contribution in [-0.4, -0.2) is 23.4 Å². The highest BCUT2D eigenvalue weighted by molar-refractivity contribution is 6.33. The van der Waals surface area contributed by atoms with Crippen molar-refractivity contribution in [3.8, 4) is 0 Å². The Morgan fingerprint density at radius 2 is 2.17 bits per heavy atom. The maximum Gasteiger partial charge on any atom is 0.224 e. The Balaban J connectivity index is 2.40. The molecule has 98 valence electrons. The summed E-state index contributed by atoms with van der Waals surface area (Å²) >= 11 is 12.2. The normalized spacial score (nSPS) is 23.8. The lowest BCUT2D eigenvalue weighted by atomic mass is 10.0. The number of nitrogens with zero attached hydrogens (tertiary/aromatic N) is 1. The molecule has 0 saturated carbocycles. The lowest BCUT2D eigenvalue weighted by Gasteiger charge is -2.27. The van der Waals surface area contributed by atoms with Gasteiger partial charge in [-0.15, -0.1) is 0 Å². The Bertz CT molecular complexity index is 464. The third kappa shape index (κ3) is 2.48. The van der Waals surface area contributed by atoms with E-state index in [1.54, 1.807) is 18.2 Å². The van der Waals surface area contributed by atoms with Gasteiger partial charge in [0.2, 0.25) is 5.91 Å². The van der Waals surface area contributed by atoms with Gasteiger partial charge in [-0.3, -0.25) is 4.79 Å². The van der Waals surface area contributed by atoms with Crippen LogP contribution in [0.5, 0.6) is 0 Å². The fraction of sp³-hybridized carbons (Fsp3) is 0.462. The smallest absolute Gasteiger partial charge is 0.224 e. The van der Waals surface area contributed by atoms with E-state index in [4.69, 9.17) is 28.9 Å². The Labute approximate surface area is 117 Å². The van der Waals surface area contributed by atoms with E-state index in [2.05, 4.69) is 0 Å². The van der Waals surface area contributed by atoms with E-state index in [0.717, 1.165) is 12.0 Å².